The zero-order valence-corrected chi connectivity index (χ0v) is 12.0. The Hall–Kier alpha value is -1.42. The van der Waals surface area contributed by atoms with Gasteiger partial charge in [0.25, 0.3) is 0 Å². The largest absolute Gasteiger partial charge is 0.215 e. The van der Waals surface area contributed by atoms with Crippen molar-refractivity contribution in [3.63, 3.8) is 0 Å². The van der Waals surface area contributed by atoms with E-state index >= 15 is 0 Å². The van der Waals surface area contributed by atoms with E-state index in [2.05, 4.69) is 22.1 Å². The average molecular weight is 307 g/mol. The van der Waals surface area contributed by atoms with Gasteiger partial charge in [-0.25, -0.2) is 9.97 Å². The second-order valence-corrected chi connectivity index (χ2v) is 5.56. The molecule has 2 heterocycles. The van der Waals surface area contributed by atoms with Crippen LogP contribution in [0.2, 0.25) is 10.3 Å². The predicted octanol–water partition coefficient (Wildman–Crippen LogP) is 5.18. The number of hydrogen-bond donors (Lipinski definition) is 0. The Morgan fingerprint density at radius 1 is 0.895 bits per heavy atom. The van der Waals surface area contributed by atoms with Crippen molar-refractivity contribution in [3.05, 3.63) is 58.2 Å². The second-order valence-electron chi connectivity index (χ2n) is 3.87. The molecule has 19 heavy (non-hydrogen) atoms. The van der Waals surface area contributed by atoms with Crippen molar-refractivity contribution in [2.75, 3.05) is 0 Å². The van der Waals surface area contributed by atoms with Gasteiger partial charge < -0.3 is 0 Å². The summed E-state index contributed by atoms with van der Waals surface area (Å²) in [5.41, 5.74) is 2.21. The van der Waals surface area contributed by atoms with Crippen LogP contribution in [0, 0.1) is 0 Å². The van der Waals surface area contributed by atoms with E-state index in [0.29, 0.717) is 16.1 Å². The summed E-state index contributed by atoms with van der Waals surface area (Å²) in [6.45, 7) is 0. The van der Waals surface area contributed by atoms with Crippen molar-refractivity contribution in [3.8, 4) is 21.8 Å². The second kappa shape index (κ2) is 5.29. The molecule has 0 radical (unpaired) electrons. The molecule has 0 aliphatic heterocycles. The predicted molar refractivity (Wildman–Crippen MR) is 80.8 cm³/mol. The van der Waals surface area contributed by atoms with Gasteiger partial charge in [-0.05, 0) is 17.0 Å². The Morgan fingerprint density at radius 2 is 1.58 bits per heavy atom. The van der Waals surface area contributed by atoms with Crippen LogP contribution in [0.5, 0.6) is 0 Å². The van der Waals surface area contributed by atoms with E-state index in [1.54, 1.807) is 11.3 Å². The molecule has 0 atom stereocenters. The molecule has 0 spiro atoms. The number of hydrogen-bond acceptors (Lipinski definition) is 3. The van der Waals surface area contributed by atoms with Gasteiger partial charge in [0, 0.05) is 11.6 Å². The first kappa shape index (κ1) is 12.6. The normalized spacial score (nSPS) is 10.6. The molecule has 3 aromatic rings. The molecule has 0 amide bonds. The monoisotopic (exact) mass is 306 g/mol. The summed E-state index contributed by atoms with van der Waals surface area (Å²) in [6.07, 6.45) is 0. The number of aromatic nitrogens is 2. The van der Waals surface area contributed by atoms with Crippen molar-refractivity contribution < 1.29 is 0 Å². The maximum absolute atomic E-state index is 5.93. The fraction of sp³-hybridized carbons (Fsp3) is 0. The first-order valence-corrected chi connectivity index (χ1v) is 7.21. The molecule has 5 heteroatoms. The molecule has 0 N–H and O–H groups in total. The molecule has 0 aliphatic rings. The van der Waals surface area contributed by atoms with E-state index in [-0.39, 0.29) is 0 Å². The van der Waals surface area contributed by atoms with Gasteiger partial charge in [0.1, 0.15) is 10.3 Å². The lowest BCUT2D eigenvalue weighted by atomic mass is 10.1. The molecule has 0 saturated heterocycles. The third-order valence-electron chi connectivity index (χ3n) is 2.62. The topological polar surface area (TPSA) is 25.8 Å². The van der Waals surface area contributed by atoms with Crippen LogP contribution in [-0.2, 0) is 0 Å². The van der Waals surface area contributed by atoms with Gasteiger partial charge >= 0.3 is 0 Å². The van der Waals surface area contributed by atoms with Crippen molar-refractivity contribution in [2.24, 2.45) is 0 Å². The highest BCUT2D eigenvalue weighted by Crippen LogP contribution is 2.35. The minimum absolute atomic E-state index is 0.349. The third-order valence-corrected chi connectivity index (χ3v) is 3.91. The van der Waals surface area contributed by atoms with Gasteiger partial charge in [0.15, 0.2) is 5.82 Å². The Kier molecular flexibility index (Phi) is 3.51. The molecule has 0 bridgehead atoms. The first-order valence-electron chi connectivity index (χ1n) is 5.57. The zero-order chi connectivity index (χ0) is 13.2. The highest BCUT2D eigenvalue weighted by Gasteiger charge is 2.12. The van der Waals surface area contributed by atoms with Crippen molar-refractivity contribution in [1.82, 2.24) is 9.97 Å². The lowest BCUT2D eigenvalue weighted by molar-refractivity contribution is 1.19. The Bertz CT molecular complexity index is 690. The Balaban J connectivity index is 2.15. The summed E-state index contributed by atoms with van der Waals surface area (Å²) in [4.78, 5) is 9.45. The summed E-state index contributed by atoms with van der Waals surface area (Å²) < 4.78 is 0. The van der Waals surface area contributed by atoms with Gasteiger partial charge in [-0.3, -0.25) is 0 Å². The van der Waals surface area contributed by atoms with Gasteiger partial charge in [0.05, 0.1) is 4.88 Å². The van der Waals surface area contributed by atoms with E-state index in [1.165, 1.54) is 6.07 Å². The van der Waals surface area contributed by atoms with Crippen LogP contribution >= 0.6 is 34.5 Å². The molecule has 2 aromatic heterocycles. The van der Waals surface area contributed by atoms with Gasteiger partial charge in [-0.1, -0.05) is 53.5 Å². The zero-order valence-electron chi connectivity index (χ0n) is 9.68. The number of nitrogens with zero attached hydrogens (tertiary/aromatic N) is 2. The van der Waals surface area contributed by atoms with E-state index in [4.69, 9.17) is 23.2 Å². The maximum atomic E-state index is 5.93. The summed E-state index contributed by atoms with van der Waals surface area (Å²) >= 11 is 13.4. The number of thiophene rings is 1. The smallest absolute Gasteiger partial charge is 0.173 e. The van der Waals surface area contributed by atoms with Crippen LogP contribution < -0.4 is 0 Å². The number of benzene rings is 1. The van der Waals surface area contributed by atoms with E-state index in [1.807, 2.05) is 29.6 Å². The van der Waals surface area contributed by atoms with Gasteiger partial charge in [0.2, 0.25) is 0 Å². The fourth-order valence-corrected chi connectivity index (χ4v) is 3.09. The van der Waals surface area contributed by atoms with Crippen molar-refractivity contribution in [1.29, 1.82) is 0 Å². The average Bonchev–Trinajstić information content (AvgIpc) is 2.88. The Morgan fingerprint density at radius 3 is 2.26 bits per heavy atom. The third kappa shape index (κ3) is 2.63. The van der Waals surface area contributed by atoms with E-state index in [0.717, 1.165) is 16.0 Å². The molecule has 0 aliphatic carbocycles. The lowest BCUT2D eigenvalue weighted by Crippen LogP contribution is -1.89. The molecule has 2 nitrogen and oxygen atoms in total. The number of rotatable bonds is 2. The standard InChI is InChI=1S/C14H8Cl2N2S/c15-11-8-12(16)18-14(17-11)13-10(6-7-19-13)9-4-2-1-3-5-9/h1-8H. The molecule has 3 rings (SSSR count). The molecule has 0 fully saturated rings. The van der Waals surface area contributed by atoms with Crippen molar-refractivity contribution in [2.45, 2.75) is 0 Å². The highest BCUT2D eigenvalue weighted by molar-refractivity contribution is 7.14. The maximum Gasteiger partial charge on any atom is 0.173 e. The van der Waals surface area contributed by atoms with Crippen LogP contribution in [0.15, 0.2) is 47.8 Å². The van der Waals surface area contributed by atoms with E-state index in [9.17, 15) is 0 Å². The molecule has 1 aromatic carbocycles. The Labute approximate surface area is 124 Å². The van der Waals surface area contributed by atoms with Crippen LogP contribution in [0.3, 0.4) is 0 Å². The molecule has 94 valence electrons. The number of halogens is 2. The van der Waals surface area contributed by atoms with Crippen LogP contribution in [0.4, 0.5) is 0 Å². The summed E-state index contributed by atoms with van der Waals surface area (Å²) in [6, 6.07) is 13.7. The SMILES string of the molecule is Clc1cc(Cl)nc(-c2sccc2-c2ccccc2)n1. The fourth-order valence-electron chi connectivity index (χ4n) is 1.82. The molecule has 0 unspecified atom stereocenters. The molecule has 0 saturated carbocycles. The molecular weight excluding hydrogens is 299 g/mol. The summed E-state index contributed by atoms with van der Waals surface area (Å²) in [7, 11) is 0. The first-order chi connectivity index (χ1) is 9.24. The summed E-state index contributed by atoms with van der Waals surface area (Å²) in [5.74, 6) is 0.561. The van der Waals surface area contributed by atoms with Crippen LogP contribution in [-0.4, -0.2) is 9.97 Å². The minimum Gasteiger partial charge on any atom is -0.215 e. The highest BCUT2D eigenvalue weighted by atomic mass is 35.5. The quantitative estimate of drug-likeness (QED) is 0.610. The van der Waals surface area contributed by atoms with Crippen LogP contribution in [0.25, 0.3) is 21.8 Å². The van der Waals surface area contributed by atoms with Gasteiger partial charge in [-0.2, -0.15) is 0 Å². The minimum atomic E-state index is 0.349. The lowest BCUT2D eigenvalue weighted by Gasteiger charge is -2.04. The molecular formula is C14H8Cl2N2S. The summed E-state index contributed by atoms with van der Waals surface area (Å²) in [5, 5.41) is 2.71. The van der Waals surface area contributed by atoms with Crippen LogP contribution in [0.1, 0.15) is 0 Å². The van der Waals surface area contributed by atoms with E-state index < -0.39 is 0 Å². The van der Waals surface area contributed by atoms with Crippen molar-refractivity contribution >= 4 is 34.5 Å². The van der Waals surface area contributed by atoms with Gasteiger partial charge in [-0.15, -0.1) is 11.3 Å².